The molecule has 2 unspecified atom stereocenters. The molecule has 0 aromatic rings. The SMILES string of the molecule is CC1C=C(C(C)(C)C)CCC(C)(C)C1CC1CCC1. The molecule has 0 aliphatic heterocycles. The highest BCUT2D eigenvalue weighted by Gasteiger charge is 2.38. The highest BCUT2D eigenvalue weighted by Crippen LogP contribution is 2.49. The smallest absolute Gasteiger partial charge is 0.0173 e. The van der Waals surface area contributed by atoms with Gasteiger partial charge in [-0.25, -0.2) is 0 Å². The van der Waals surface area contributed by atoms with Crippen LogP contribution in [0.1, 0.15) is 80.1 Å². The molecule has 110 valence electrons. The van der Waals surface area contributed by atoms with E-state index in [1.807, 2.05) is 0 Å². The van der Waals surface area contributed by atoms with Gasteiger partial charge in [0.15, 0.2) is 0 Å². The zero-order valence-electron chi connectivity index (χ0n) is 14.1. The average molecular weight is 262 g/mol. The molecule has 19 heavy (non-hydrogen) atoms. The molecule has 0 nitrogen and oxygen atoms in total. The van der Waals surface area contributed by atoms with Gasteiger partial charge in [0.05, 0.1) is 0 Å². The third-order valence-corrected chi connectivity index (χ3v) is 5.92. The van der Waals surface area contributed by atoms with E-state index in [-0.39, 0.29) is 0 Å². The van der Waals surface area contributed by atoms with Crippen LogP contribution in [0.4, 0.5) is 0 Å². The standard InChI is InChI=1S/C19H34/c1-14-12-16(18(2,3)4)10-11-19(5,6)17(14)13-15-8-7-9-15/h12,14-15,17H,7-11,13H2,1-6H3. The summed E-state index contributed by atoms with van der Waals surface area (Å²) in [6.45, 7) is 14.7. The first-order chi connectivity index (χ1) is 8.70. The van der Waals surface area contributed by atoms with Crippen molar-refractivity contribution in [2.24, 2.45) is 28.6 Å². The van der Waals surface area contributed by atoms with E-state index in [4.69, 9.17) is 0 Å². The molecule has 2 atom stereocenters. The molecule has 0 radical (unpaired) electrons. The summed E-state index contributed by atoms with van der Waals surface area (Å²) in [7, 11) is 0. The molecule has 2 rings (SSSR count). The van der Waals surface area contributed by atoms with Crippen molar-refractivity contribution in [3.05, 3.63) is 11.6 Å². The lowest BCUT2D eigenvalue weighted by Gasteiger charge is -2.40. The maximum atomic E-state index is 2.64. The van der Waals surface area contributed by atoms with Crippen molar-refractivity contribution in [1.82, 2.24) is 0 Å². The van der Waals surface area contributed by atoms with E-state index < -0.39 is 0 Å². The molecule has 1 fully saturated rings. The van der Waals surface area contributed by atoms with Crippen LogP contribution in [0.2, 0.25) is 0 Å². The highest BCUT2D eigenvalue weighted by atomic mass is 14.4. The van der Waals surface area contributed by atoms with Crippen LogP contribution in [0.25, 0.3) is 0 Å². The molecule has 0 N–H and O–H groups in total. The Morgan fingerprint density at radius 2 is 1.84 bits per heavy atom. The van der Waals surface area contributed by atoms with Crippen LogP contribution in [0.5, 0.6) is 0 Å². The second-order valence-corrected chi connectivity index (χ2v) is 8.93. The normalized spacial score (nSPS) is 32.4. The van der Waals surface area contributed by atoms with Gasteiger partial charge in [-0.05, 0) is 47.8 Å². The summed E-state index contributed by atoms with van der Waals surface area (Å²) >= 11 is 0. The Morgan fingerprint density at radius 3 is 2.32 bits per heavy atom. The molecular formula is C19H34. The van der Waals surface area contributed by atoms with Gasteiger partial charge in [0.1, 0.15) is 0 Å². The quantitative estimate of drug-likeness (QED) is 0.518. The second kappa shape index (κ2) is 5.26. The Bertz CT molecular complexity index is 336. The van der Waals surface area contributed by atoms with E-state index in [2.05, 4.69) is 47.6 Å². The fraction of sp³-hybridized carbons (Fsp3) is 0.895. The van der Waals surface area contributed by atoms with Crippen LogP contribution < -0.4 is 0 Å². The van der Waals surface area contributed by atoms with E-state index in [1.165, 1.54) is 38.5 Å². The lowest BCUT2D eigenvalue weighted by molar-refractivity contribution is 0.107. The third-order valence-electron chi connectivity index (χ3n) is 5.92. The van der Waals surface area contributed by atoms with Gasteiger partial charge in [0.2, 0.25) is 0 Å². The van der Waals surface area contributed by atoms with Crippen molar-refractivity contribution in [3.8, 4) is 0 Å². The summed E-state index contributed by atoms with van der Waals surface area (Å²) in [6, 6.07) is 0. The van der Waals surface area contributed by atoms with Gasteiger partial charge in [-0.2, -0.15) is 0 Å². The number of rotatable bonds is 2. The van der Waals surface area contributed by atoms with Crippen LogP contribution in [0.3, 0.4) is 0 Å². The van der Waals surface area contributed by atoms with E-state index in [1.54, 1.807) is 5.57 Å². The monoisotopic (exact) mass is 262 g/mol. The first-order valence-corrected chi connectivity index (χ1v) is 8.41. The van der Waals surface area contributed by atoms with Crippen molar-refractivity contribution < 1.29 is 0 Å². The summed E-state index contributed by atoms with van der Waals surface area (Å²) < 4.78 is 0. The molecule has 0 amide bonds. The van der Waals surface area contributed by atoms with E-state index in [0.29, 0.717) is 10.8 Å². The van der Waals surface area contributed by atoms with Crippen LogP contribution in [0, 0.1) is 28.6 Å². The van der Waals surface area contributed by atoms with Crippen LogP contribution in [-0.4, -0.2) is 0 Å². The van der Waals surface area contributed by atoms with Crippen molar-refractivity contribution in [1.29, 1.82) is 0 Å². The number of hydrogen-bond acceptors (Lipinski definition) is 0. The van der Waals surface area contributed by atoms with Gasteiger partial charge in [0.25, 0.3) is 0 Å². The molecule has 2 aliphatic rings. The average Bonchev–Trinajstić information content (AvgIpc) is 2.30. The van der Waals surface area contributed by atoms with E-state index >= 15 is 0 Å². The molecule has 0 saturated heterocycles. The summed E-state index contributed by atoms with van der Waals surface area (Å²) in [6.07, 6.45) is 11.3. The zero-order chi connectivity index (χ0) is 14.3. The summed E-state index contributed by atoms with van der Waals surface area (Å²) in [5.41, 5.74) is 2.57. The predicted molar refractivity (Wildman–Crippen MR) is 85.2 cm³/mol. The van der Waals surface area contributed by atoms with Crippen molar-refractivity contribution >= 4 is 0 Å². The summed E-state index contributed by atoms with van der Waals surface area (Å²) in [4.78, 5) is 0. The predicted octanol–water partition coefficient (Wildman–Crippen LogP) is 6.22. The van der Waals surface area contributed by atoms with E-state index in [9.17, 15) is 0 Å². The van der Waals surface area contributed by atoms with Crippen molar-refractivity contribution in [3.63, 3.8) is 0 Å². The first kappa shape index (κ1) is 15.1. The van der Waals surface area contributed by atoms with Crippen LogP contribution >= 0.6 is 0 Å². The minimum absolute atomic E-state index is 0.357. The van der Waals surface area contributed by atoms with Gasteiger partial charge < -0.3 is 0 Å². The Morgan fingerprint density at radius 1 is 1.21 bits per heavy atom. The lowest BCUT2D eigenvalue weighted by atomic mass is 9.65. The number of allylic oxidation sites excluding steroid dienone is 2. The van der Waals surface area contributed by atoms with Gasteiger partial charge in [-0.3, -0.25) is 0 Å². The molecule has 0 aromatic carbocycles. The molecule has 0 heteroatoms. The Kier molecular flexibility index (Phi) is 4.19. The Labute approximate surface area is 121 Å². The van der Waals surface area contributed by atoms with Gasteiger partial charge in [-0.1, -0.05) is 72.5 Å². The molecule has 0 aromatic heterocycles. The fourth-order valence-electron chi connectivity index (χ4n) is 4.12. The molecule has 0 spiro atoms. The van der Waals surface area contributed by atoms with Gasteiger partial charge in [-0.15, -0.1) is 0 Å². The fourth-order valence-corrected chi connectivity index (χ4v) is 4.12. The maximum Gasteiger partial charge on any atom is -0.0173 e. The molecular weight excluding hydrogens is 228 g/mol. The van der Waals surface area contributed by atoms with Gasteiger partial charge >= 0.3 is 0 Å². The Hall–Kier alpha value is -0.260. The third kappa shape index (κ3) is 3.44. The molecule has 0 heterocycles. The summed E-state index contributed by atoms with van der Waals surface area (Å²) in [5, 5.41) is 0. The molecule has 0 bridgehead atoms. The second-order valence-electron chi connectivity index (χ2n) is 8.93. The lowest BCUT2D eigenvalue weighted by Crippen LogP contribution is -2.31. The Balaban J connectivity index is 2.16. The number of hydrogen-bond donors (Lipinski definition) is 0. The first-order valence-electron chi connectivity index (χ1n) is 8.41. The molecule has 2 aliphatic carbocycles. The largest absolute Gasteiger partial charge is 0.0817 e. The summed E-state index contributed by atoms with van der Waals surface area (Å²) in [5.74, 6) is 2.68. The van der Waals surface area contributed by atoms with Crippen molar-refractivity contribution in [2.45, 2.75) is 80.1 Å². The van der Waals surface area contributed by atoms with E-state index in [0.717, 1.165) is 17.8 Å². The minimum atomic E-state index is 0.357. The highest BCUT2D eigenvalue weighted by molar-refractivity contribution is 5.16. The zero-order valence-corrected chi connectivity index (χ0v) is 14.1. The van der Waals surface area contributed by atoms with Gasteiger partial charge in [0, 0.05) is 0 Å². The topological polar surface area (TPSA) is 0 Å². The minimum Gasteiger partial charge on any atom is -0.0817 e. The maximum absolute atomic E-state index is 2.64. The van der Waals surface area contributed by atoms with Crippen LogP contribution in [0.15, 0.2) is 11.6 Å². The van der Waals surface area contributed by atoms with Crippen LogP contribution in [-0.2, 0) is 0 Å². The van der Waals surface area contributed by atoms with Crippen molar-refractivity contribution in [2.75, 3.05) is 0 Å². The molecule has 1 saturated carbocycles.